The predicted molar refractivity (Wildman–Crippen MR) is 60.3 cm³/mol. The van der Waals surface area contributed by atoms with E-state index in [1.54, 1.807) is 0 Å². The Kier molecular flexibility index (Phi) is 3.04. The van der Waals surface area contributed by atoms with Crippen molar-refractivity contribution in [3.05, 3.63) is 29.8 Å². The minimum absolute atomic E-state index is 0.610. The van der Waals surface area contributed by atoms with Crippen LogP contribution in [0.25, 0.3) is 0 Å². The van der Waals surface area contributed by atoms with Crippen LogP contribution >= 0.6 is 0 Å². The molecule has 14 heavy (non-hydrogen) atoms. The average molecular weight is 190 g/mol. The summed E-state index contributed by atoms with van der Waals surface area (Å²) in [6.07, 6.45) is 3.87. The number of benzene rings is 1. The molecule has 76 valence electrons. The van der Waals surface area contributed by atoms with Gasteiger partial charge < -0.3 is 11.1 Å². The number of hydrogen-bond acceptors (Lipinski definition) is 2. The van der Waals surface area contributed by atoms with E-state index < -0.39 is 0 Å². The first-order valence-corrected chi connectivity index (χ1v) is 5.43. The van der Waals surface area contributed by atoms with Crippen LogP contribution in [-0.2, 0) is 0 Å². The van der Waals surface area contributed by atoms with Gasteiger partial charge in [0.05, 0.1) is 0 Å². The van der Waals surface area contributed by atoms with E-state index in [4.69, 9.17) is 5.73 Å². The van der Waals surface area contributed by atoms with Crippen molar-refractivity contribution < 1.29 is 0 Å². The molecule has 2 rings (SSSR count). The van der Waals surface area contributed by atoms with Gasteiger partial charge in [0, 0.05) is 12.2 Å². The second-order valence-corrected chi connectivity index (χ2v) is 4.03. The first kappa shape index (κ1) is 9.53. The van der Waals surface area contributed by atoms with E-state index in [1.165, 1.54) is 24.8 Å². The molecule has 1 fully saturated rings. The van der Waals surface area contributed by atoms with Gasteiger partial charge in [-0.05, 0) is 36.9 Å². The molecular weight excluding hydrogens is 172 g/mol. The molecule has 0 saturated carbocycles. The largest absolute Gasteiger partial charge is 0.398 e. The second kappa shape index (κ2) is 4.47. The molecule has 1 aliphatic rings. The lowest BCUT2D eigenvalue weighted by Gasteiger charge is -2.16. The molecule has 1 atom stereocenters. The Morgan fingerprint density at radius 1 is 1.21 bits per heavy atom. The Morgan fingerprint density at radius 3 is 2.93 bits per heavy atom. The van der Waals surface area contributed by atoms with Crippen LogP contribution in [0.5, 0.6) is 0 Å². The predicted octanol–water partition coefficient (Wildman–Crippen LogP) is 2.13. The van der Waals surface area contributed by atoms with Crippen molar-refractivity contribution >= 4 is 5.69 Å². The van der Waals surface area contributed by atoms with Gasteiger partial charge in [0.15, 0.2) is 0 Å². The lowest BCUT2D eigenvalue weighted by atomic mass is 9.93. The van der Waals surface area contributed by atoms with E-state index in [0.717, 1.165) is 18.8 Å². The fraction of sp³-hybridized carbons (Fsp3) is 0.500. The molecule has 0 bridgehead atoms. The van der Waals surface area contributed by atoms with Crippen molar-refractivity contribution in [2.24, 2.45) is 0 Å². The third-order valence-corrected chi connectivity index (χ3v) is 2.98. The van der Waals surface area contributed by atoms with Crippen LogP contribution in [0.15, 0.2) is 24.3 Å². The smallest absolute Gasteiger partial charge is 0.0349 e. The zero-order valence-corrected chi connectivity index (χ0v) is 8.50. The number of anilines is 1. The highest BCUT2D eigenvalue weighted by molar-refractivity contribution is 5.48. The summed E-state index contributed by atoms with van der Waals surface area (Å²) < 4.78 is 0. The van der Waals surface area contributed by atoms with Crippen molar-refractivity contribution in [2.45, 2.75) is 25.2 Å². The summed E-state index contributed by atoms with van der Waals surface area (Å²) in [6.45, 7) is 2.23. The first-order chi connectivity index (χ1) is 6.88. The van der Waals surface area contributed by atoms with Crippen LogP contribution in [0.1, 0.15) is 30.7 Å². The van der Waals surface area contributed by atoms with Crippen LogP contribution in [-0.4, -0.2) is 13.1 Å². The van der Waals surface area contributed by atoms with Crippen molar-refractivity contribution in [1.29, 1.82) is 0 Å². The topological polar surface area (TPSA) is 38.0 Å². The molecular formula is C12H18N2. The zero-order valence-electron chi connectivity index (χ0n) is 8.50. The van der Waals surface area contributed by atoms with E-state index in [2.05, 4.69) is 17.4 Å². The van der Waals surface area contributed by atoms with Crippen LogP contribution in [0.2, 0.25) is 0 Å². The highest BCUT2D eigenvalue weighted by Gasteiger charge is 2.15. The minimum atomic E-state index is 0.610. The molecule has 1 heterocycles. The SMILES string of the molecule is Nc1ccccc1C1CCCCNC1. The lowest BCUT2D eigenvalue weighted by molar-refractivity contribution is 0.612. The molecule has 1 aromatic rings. The van der Waals surface area contributed by atoms with Crippen molar-refractivity contribution in [1.82, 2.24) is 5.32 Å². The highest BCUT2D eigenvalue weighted by atomic mass is 14.9. The van der Waals surface area contributed by atoms with Gasteiger partial charge in [-0.15, -0.1) is 0 Å². The van der Waals surface area contributed by atoms with E-state index >= 15 is 0 Å². The standard InChI is InChI=1S/C12H18N2/c13-12-7-2-1-6-11(12)10-5-3-4-8-14-9-10/h1-2,6-7,10,14H,3-5,8-9,13H2. The molecule has 2 nitrogen and oxygen atoms in total. The van der Waals surface area contributed by atoms with Crippen molar-refractivity contribution in [2.75, 3.05) is 18.8 Å². The Hall–Kier alpha value is -1.02. The molecule has 0 spiro atoms. The summed E-state index contributed by atoms with van der Waals surface area (Å²) in [5.74, 6) is 0.610. The Labute approximate surface area is 85.5 Å². The quantitative estimate of drug-likeness (QED) is 0.666. The average Bonchev–Trinajstić information content (AvgIpc) is 2.47. The van der Waals surface area contributed by atoms with Crippen molar-refractivity contribution in [3.8, 4) is 0 Å². The summed E-state index contributed by atoms with van der Waals surface area (Å²) in [6, 6.07) is 8.24. The zero-order chi connectivity index (χ0) is 9.80. The summed E-state index contributed by atoms with van der Waals surface area (Å²) in [4.78, 5) is 0. The fourth-order valence-corrected chi connectivity index (χ4v) is 2.17. The van der Waals surface area contributed by atoms with Gasteiger partial charge in [-0.25, -0.2) is 0 Å². The minimum Gasteiger partial charge on any atom is -0.398 e. The summed E-state index contributed by atoms with van der Waals surface area (Å²) in [5, 5.41) is 3.47. The lowest BCUT2D eigenvalue weighted by Crippen LogP contribution is -2.19. The Bertz CT molecular complexity index is 288. The van der Waals surface area contributed by atoms with E-state index in [9.17, 15) is 0 Å². The van der Waals surface area contributed by atoms with Gasteiger partial charge in [0.2, 0.25) is 0 Å². The maximum Gasteiger partial charge on any atom is 0.0349 e. The third kappa shape index (κ3) is 2.07. The van der Waals surface area contributed by atoms with E-state index in [0.29, 0.717) is 5.92 Å². The van der Waals surface area contributed by atoms with E-state index in [1.807, 2.05) is 12.1 Å². The number of nitrogens with one attached hydrogen (secondary N) is 1. The maximum atomic E-state index is 5.97. The summed E-state index contributed by atoms with van der Waals surface area (Å²) >= 11 is 0. The summed E-state index contributed by atoms with van der Waals surface area (Å²) in [5.41, 5.74) is 8.24. The molecule has 0 aliphatic carbocycles. The first-order valence-electron chi connectivity index (χ1n) is 5.43. The monoisotopic (exact) mass is 190 g/mol. The molecule has 3 N–H and O–H groups in total. The highest BCUT2D eigenvalue weighted by Crippen LogP contribution is 2.27. The van der Waals surface area contributed by atoms with Gasteiger partial charge in [0.25, 0.3) is 0 Å². The van der Waals surface area contributed by atoms with E-state index in [-0.39, 0.29) is 0 Å². The van der Waals surface area contributed by atoms with Crippen LogP contribution in [0, 0.1) is 0 Å². The molecule has 0 aromatic heterocycles. The number of nitrogens with two attached hydrogens (primary N) is 1. The molecule has 2 heteroatoms. The molecule has 1 unspecified atom stereocenters. The third-order valence-electron chi connectivity index (χ3n) is 2.98. The Balaban J connectivity index is 2.16. The molecule has 1 aliphatic heterocycles. The van der Waals surface area contributed by atoms with Crippen molar-refractivity contribution in [3.63, 3.8) is 0 Å². The van der Waals surface area contributed by atoms with Gasteiger partial charge in [-0.1, -0.05) is 24.6 Å². The normalized spacial score (nSPS) is 23.0. The molecule has 1 saturated heterocycles. The molecule has 0 amide bonds. The molecule has 0 radical (unpaired) electrons. The number of para-hydroxylation sites is 1. The number of hydrogen-bond donors (Lipinski definition) is 2. The fourth-order valence-electron chi connectivity index (χ4n) is 2.17. The van der Waals surface area contributed by atoms with Crippen LogP contribution < -0.4 is 11.1 Å². The number of rotatable bonds is 1. The maximum absolute atomic E-state index is 5.97. The van der Waals surface area contributed by atoms with Gasteiger partial charge in [-0.3, -0.25) is 0 Å². The van der Waals surface area contributed by atoms with Gasteiger partial charge in [0.1, 0.15) is 0 Å². The van der Waals surface area contributed by atoms with Crippen LogP contribution in [0.3, 0.4) is 0 Å². The second-order valence-electron chi connectivity index (χ2n) is 4.03. The Morgan fingerprint density at radius 2 is 2.07 bits per heavy atom. The van der Waals surface area contributed by atoms with Crippen LogP contribution in [0.4, 0.5) is 5.69 Å². The molecule has 1 aromatic carbocycles. The van der Waals surface area contributed by atoms with Gasteiger partial charge >= 0.3 is 0 Å². The van der Waals surface area contributed by atoms with Gasteiger partial charge in [-0.2, -0.15) is 0 Å². The summed E-state index contributed by atoms with van der Waals surface area (Å²) in [7, 11) is 0. The number of nitrogen functional groups attached to an aromatic ring is 1.